The first-order chi connectivity index (χ1) is 13.7. The van der Waals surface area contributed by atoms with Crippen molar-refractivity contribution in [3.63, 3.8) is 0 Å². The van der Waals surface area contributed by atoms with E-state index < -0.39 is 6.23 Å². The molecule has 2 heterocycles. The van der Waals surface area contributed by atoms with Gasteiger partial charge in [-0.05, 0) is 48.0 Å². The Morgan fingerprint density at radius 2 is 1.75 bits per heavy atom. The number of hydrogen-bond acceptors (Lipinski definition) is 4. The van der Waals surface area contributed by atoms with E-state index in [2.05, 4.69) is 6.07 Å². The van der Waals surface area contributed by atoms with Gasteiger partial charge in [-0.3, -0.25) is 0 Å². The Kier molecular flexibility index (Phi) is 4.01. The molecule has 3 aromatic rings. The zero-order valence-corrected chi connectivity index (χ0v) is 15.4. The van der Waals surface area contributed by atoms with Crippen molar-refractivity contribution in [3.8, 4) is 11.5 Å². The van der Waals surface area contributed by atoms with Crippen molar-refractivity contribution >= 4 is 5.71 Å². The fourth-order valence-corrected chi connectivity index (χ4v) is 3.84. The third-order valence-corrected chi connectivity index (χ3v) is 5.28. The maximum Gasteiger partial charge on any atom is 0.213 e. The molecule has 140 valence electrons. The molecule has 0 fully saturated rings. The third kappa shape index (κ3) is 2.80. The number of halogens is 1. The Balaban J connectivity index is 1.56. The quantitative estimate of drug-likeness (QED) is 0.641. The molecule has 4 nitrogen and oxygen atoms in total. The maximum absolute atomic E-state index is 13.4. The Morgan fingerprint density at radius 1 is 1.00 bits per heavy atom. The number of hydrazone groups is 1. The SMILES string of the molecule is COc1ccc(C2=NN3[C@H](C2)c2ccccc2O[C@@H]3c2ccc(F)cc2)cc1. The number of para-hydroxylation sites is 1. The minimum Gasteiger partial charge on any atom is -0.497 e. The molecule has 0 aliphatic carbocycles. The van der Waals surface area contributed by atoms with Crippen LogP contribution in [0.5, 0.6) is 11.5 Å². The van der Waals surface area contributed by atoms with Crippen LogP contribution in [0.3, 0.4) is 0 Å². The summed E-state index contributed by atoms with van der Waals surface area (Å²) in [6.07, 6.45) is 0.390. The summed E-state index contributed by atoms with van der Waals surface area (Å²) < 4.78 is 24.9. The largest absolute Gasteiger partial charge is 0.497 e. The molecule has 0 N–H and O–H groups in total. The van der Waals surface area contributed by atoms with Crippen molar-refractivity contribution in [2.45, 2.75) is 18.7 Å². The predicted molar refractivity (Wildman–Crippen MR) is 105 cm³/mol. The Morgan fingerprint density at radius 3 is 2.50 bits per heavy atom. The lowest BCUT2D eigenvalue weighted by atomic mass is 9.96. The molecule has 0 saturated heterocycles. The molecule has 0 radical (unpaired) electrons. The average molecular weight is 374 g/mol. The van der Waals surface area contributed by atoms with Gasteiger partial charge in [0.05, 0.1) is 18.9 Å². The lowest BCUT2D eigenvalue weighted by Crippen LogP contribution is -2.33. The van der Waals surface area contributed by atoms with Crippen molar-refractivity contribution in [1.29, 1.82) is 0 Å². The van der Waals surface area contributed by atoms with E-state index in [-0.39, 0.29) is 11.9 Å². The summed E-state index contributed by atoms with van der Waals surface area (Å²) in [5.41, 5.74) is 4.05. The topological polar surface area (TPSA) is 34.1 Å². The van der Waals surface area contributed by atoms with Crippen LogP contribution in [0.1, 0.15) is 35.4 Å². The van der Waals surface area contributed by atoms with Gasteiger partial charge in [-0.2, -0.15) is 5.10 Å². The highest BCUT2D eigenvalue weighted by Gasteiger charge is 2.40. The minimum absolute atomic E-state index is 0.0807. The highest BCUT2D eigenvalue weighted by Crippen LogP contribution is 2.47. The molecular formula is C23H19FN2O2. The van der Waals surface area contributed by atoms with Crippen LogP contribution in [0.15, 0.2) is 77.9 Å². The summed E-state index contributed by atoms with van der Waals surface area (Å²) in [6.45, 7) is 0. The average Bonchev–Trinajstić information content (AvgIpc) is 3.20. The van der Waals surface area contributed by atoms with Gasteiger partial charge in [0.15, 0.2) is 0 Å². The van der Waals surface area contributed by atoms with E-state index in [1.165, 1.54) is 12.1 Å². The second kappa shape index (κ2) is 6.68. The van der Waals surface area contributed by atoms with Gasteiger partial charge in [0.1, 0.15) is 17.3 Å². The van der Waals surface area contributed by atoms with Crippen molar-refractivity contribution in [1.82, 2.24) is 5.01 Å². The van der Waals surface area contributed by atoms with Gasteiger partial charge in [-0.25, -0.2) is 9.40 Å². The molecule has 2 aliphatic heterocycles. The van der Waals surface area contributed by atoms with E-state index in [4.69, 9.17) is 14.6 Å². The normalized spacial score (nSPS) is 20.1. The molecule has 2 atom stereocenters. The van der Waals surface area contributed by atoms with Crippen LogP contribution in [-0.2, 0) is 0 Å². The first kappa shape index (κ1) is 16.8. The fraction of sp³-hybridized carbons (Fsp3) is 0.174. The van der Waals surface area contributed by atoms with Crippen molar-refractivity contribution in [3.05, 3.63) is 95.3 Å². The number of fused-ring (bicyclic) bond motifs is 3. The molecular weight excluding hydrogens is 355 g/mol. The fourth-order valence-electron chi connectivity index (χ4n) is 3.84. The molecule has 2 aliphatic rings. The molecule has 5 rings (SSSR count). The Bertz CT molecular complexity index is 1030. The van der Waals surface area contributed by atoms with Gasteiger partial charge in [0.2, 0.25) is 6.23 Å². The van der Waals surface area contributed by atoms with Crippen molar-refractivity contribution in [2.24, 2.45) is 5.10 Å². The molecule has 3 aromatic carbocycles. The van der Waals surface area contributed by atoms with Crippen LogP contribution in [0.4, 0.5) is 4.39 Å². The Hall–Kier alpha value is -3.34. The highest BCUT2D eigenvalue weighted by atomic mass is 19.1. The summed E-state index contributed by atoms with van der Waals surface area (Å²) in [7, 11) is 1.66. The van der Waals surface area contributed by atoms with Crippen LogP contribution in [0.2, 0.25) is 0 Å². The van der Waals surface area contributed by atoms with E-state index >= 15 is 0 Å². The number of ether oxygens (including phenoxy) is 2. The highest BCUT2D eigenvalue weighted by molar-refractivity contribution is 6.02. The lowest BCUT2D eigenvalue weighted by molar-refractivity contribution is -0.0190. The van der Waals surface area contributed by atoms with Gasteiger partial charge < -0.3 is 9.47 Å². The van der Waals surface area contributed by atoms with E-state index in [1.54, 1.807) is 19.2 Å². The molecule has 28 heavy (non-hydrogen) atoms. The van der Waals surface area contributed by atoms with E-state index in [1.807, 2.05) is 47.5 Å². The van der Waals surface area contributed by atoms with Crippen molar-refractivity contribution in [2.75, 3.05) is 7.11 Å². The molecule has 0 bridgehead atoms. The summed E-state index contributed by atoms with van der Waals surface area (Å²) in [4.78, 5) is 0. The predicted octanol–water partition coefficient (Wildman–Crippen LogP) is 5.08. The van der Waals surface area contributed by atoms with Gasteiger partial charge in [0, 0.05) is 17.5 Å². The summed E-state index contributed by atoms with van der Waals surface area (Å²) in [5.74, 6) is 1.41. The number of hydrogen-bond donors (Lipinski definition) is 0. The second-order valence-corrected chi connectivity index (χ2v) is 6.93. The molecule has 0 amide bonds. The molecule has 0 aromatic heterocycles. The first-order valence-electron chi connectivity index (χ1n) is 9.24. The Labute approximate surface area is 162 Å². The van der Waals surface area contributed by atoms with E-state index in [9.17, 15) is 4.39 Å². The zero-order chi connectivity index (χ0) is 19.1. The van der Waals surface area contributed by atoms with Crippen LogP contribution < -0.4 is 9.47 Å². The lowest BCUT2D eigenvalue weighted by Gasteiger charge is -2.38. The smallest absolute Gasteiger partial charge is 0.213 e. The summed E-state index contributed by atoms with van der Waals surface area (Å²) in [6, 6.07) is 22.5. The third-order valence-electron chi connectivity index (χ3n) is 5.28. The zero-order valence-electron chi connectivity index (χ0n) is 15.4. The van der Waals surface area contributed by atoms with Gasteiger partial charge in [-0.15, -0.1) is 0 Å². The van der Waals surface area contributed by atoms with E-state index in [0.717, 1.165) is 40.3 Å². The van der Waals surface area contributed by atoms with E-state index in [0.29, 0.717) is 0 Å². The second-order valence-electron chi connectivity index (χ2n) is 6.93. The molecule has 0 spiro atoms. The molecule has 0 saturated carbocycles. The minimum atomic E-state index is -0.392. The first-order valence-corrected chi connectivity index (χ1v) is 9.24. The molecule has 0 unspecified atom stereocenters. The molecule has 5 heteroatoms. The standard InChI is InChI=1S/C23H19FN2O2/c1-27-18-12-8-15(9-13-18)20-14-21-19-4-2-3-5-22(19)28-23(26(21)25-20)16-6-10-17(24)11-7-16/h2-13,21,23H,14H2,1H3/t21-,23-/m1/s1. The number of methoxy groups -OCH3 is 1. The summed E-state index contributed by atoms with van der Waals surface area (Å²) in [5, 5.41) is 6.90. The van der Waals surface area contributed by atoms with Gasteiger partial charge in [0.25, 0.3) is 0 Å². The van der Waals surface area contributed by atoms with Crippen LogP contribution in [0.25, 0.3) is 0 Å². The van der Waals surface area contributed by atoms with Crippen LogP contribution >= 0.6 is 0 Å². The van der Waals surface area contributed by atoms with Crippen molar-refractivity contribution < 1.29 is 13.9 Å². The van der Waals surface area contributed by atoms with Crippen LogP contribution in [-0.4, -0.2) is 17.8 Å². The van der Waals surface area contributed by atoms with Gasteiger partial charge in [-0.1, -0.05) is 30.3 Å². The number of nitrogens with zero attached hydrogens (tertiary/aromatic N) is 2. The van der Waals surface area contributed by atoms with Crippen LogP contribution in [0, 0.1) is 5.82 Å². The number of benzene rings is 3. The number of rotatable bonds is 3. The summed E-state index contributed by atoms with van der Waals surface area (Å²) >= 11 is 0. The monoisotopic (exact) mass is 374 g/mol. The maximum atomic E-state index is 13.4. The van der Waals surface area contributed by atoms with Gasteiger partial charge >= 0.3 is 0 Å².